The summed E-state index contributed by atoms with van der Waals surface area (Å²) in [5, 5.41) is 16.5. The molecule has 1 atom stereocenters. The molecule has 0 fully saturated rings. The van der Waals surface area contributed by atoms with E-state index in [1.54, 1.807) is 35.1 Å². The number of hydrogen-bond donors (Lipinski definition) is 1. The van der Waals surface area contributed by atoms with Crippen molar-refractivity contribution in [2.24, 2.45) is 0 Å². The Morgan fingerprint density at radius 3 is 2.56 bits per heavy atom. The topological polar surface area (TPSA) is 77.2 Å². The Hall–Kier alpha value is -2.37. The molecule has 1 N–H and O–H groups in total. The summed E-state index contributed by atoms with van der Waals surface area (Å²) < 4.78 is 6.92. The van der Waals surface area contributed by atoms with E-state index in [2.05, 4.69) is 10.3 Å². The fourth-order valence-electron chi connectivity index (χ4n) is 1.46. The summed E-state index contributed by atoms with van der Waals surface area (Å²) in [6, 6.07) is 7.00. The van der Waals surface area contributed by atoms with Crippen LogP contribution < -0.4 is 4.74 Å². The van der Waals surface area contributed by atoms with Crippen molar-refractivity contribution in [2.75, 3.05) is 0 Å². The molecule has 1 heterocycles. The number of ether oxygens (including phenoxy) is 1. The van der Waals surface area contributed by atoms with Crippen molar-refractivity contribution in [1.82, 2.24) is 15.0 Å². The summed E-state index contributed by atoms with van der Waals surface area (Å²) >= 11 is 0. The molecule has 0 aliphatic carbocycles. The van der Waals surface area contributed by atoms with Gasteiger partial charge in [-0.25, -0.2) is 9.48 Å². The Kier molecular flexibility index (Phi) is 3.27. The van der Waals surface area contributed by atoms with Gasteiger partial charge in [-0.3, -0.25) is 0 Å². The predicted octanol–water partition coefficient (Wildman–Crippen LogP) is 1.43. The Balaban J connectivity index is 2.16. The van der Waals surface area contributed by atoms with Gasteiger partial charge in [-0.1, -0.05) is 5.21 Å². The zero-order valence-electron chi connectivity index (χ0n) is 10.1. The molecule has 2 rings (SSSR count). The largest absolute Gasteiger partial charge is 0.479 e. The van der Waals surface area contributed by atoms with E-state index in [1.807, 2.05) is 6.92 Å². The van der Waals surface area contributed by atoms with Gasteiger partial charge in [-0.05, 0) is 38.1 Å². The highest BCUT2D eigenvalue weighted by Gasteiger charge is 2.12. The van der Waals surface area contributed by atoms with E-state index in [-0.39, 0.29) is 0 Å². The molecule has 2 aromatic rings. The first-order chi connectivity index (χ1) is 8.58. The van der Waals surface area contributed by atoms with Crippen molar-refractivity contribution in [3.8, 4) is 11.4 Å². The van der Waals surface area contributed by atoms with E-state index in [9.17, 15) is 4.79 Å². The number of rotatable bonds is 4. The fraction of sp³-hybridized carbons (Fsp3) is 0.250. The number of carboxylic acids is 1. The molecule has 0 spiro atoms. The number of nitrogens with zero attached hydrogens (tertiary/aromatic N) is 3. The van der Waals surface area contributed by atoms with Crippen molar-refractivity contribution in [2.45, 2.75) is 20.0 Å². The second-order valence-corrected chi connectivity index (χ2v) is 3.88. The Labute approximate surface area is 104 Å². The van der Waals surface area contributed by atoms with Gasteiger partial charge in [-0.15, -0.1) is 5.10 Å². The second-order valence-electron chi connectivity index (χ2n) is 3.88. The van der Waals surface area contributed by atoms with Crippen LogP contribution >= 0.6 is 0 Å². The number of hydrogen-bond acceptors (Lipinski definition) is 4. The average molecular weight is 247 g/mol. The number of aromatic nitrogens is 3. The van der Waals surface area contributed by atoms with Gasteiger partial charge in [0.25, 0.3) is 0 Å². The average Bonchev–Trinajstić information content (AvgIpc) is 2.76. The van der Waals surface area contributed by atoms with Crippen LogP contribution in [0.1, 0.15) is 12.6 Å². The molecule has 0 aliphatic heterocycles. The van der Waals surface area contributed by atoms with Gasteiger partial charge in [0.1, 0.15) is 5.75 Å². The standard InChI is InChI=1S/C12H13N3O3/c1-8-7-13-14-15(8)10-3-5-11(6-4-10)18-9(2)12(16)17/h3-7,9H,1-2H3,(H,16,17). The van der Waals surface area contributed by atoms with Crippen LogP contribution in [0.15, 0.2) is 30.5 Å². The summed E-state index contributed by atoms with van der Waals surface area (Å²) in [6.07, 6.45) is 0.792. The molecule has 6 heteroatoms. The monoisotopic (exact) mass is 247 g/mol. The molecule has 1 aromatic carbocycles. The van der Waals surface area contributed by atoms with Crippen molar-refractivity contribution in [3.05, 3.63) is 36.2 Å². The zero-order chi connectivity index (χ0) is 13.1. The Morgan fingerprint density at radius 1 is 1.39 bits per heavy atom. The first kappa shape index (κ1) is 12.1. The fourth-order valence-corrected chi connectivity index (χ4v) is 1.46. The van der Waals surface area contributed by atoms with E-state index in [0.717, 1.165) is 11.4 Å². The third kappa shape index (κ3) is 2.48. The molecule has 0 bridgehead atoms. The third-order valence-electron chi connectivity index (χ3n) is 2.46. The second kappa shape index (κ2) is 4.87. The first-order valence-electron chi connectivity index (χ1n) is 5.45. The lowest BCUT2D eigenvalue weighted by Gasteiger charge is -2.10. The van der Waals surface area contributed by atoms with Crippen LogP contribution in [0.4, 0.5) is 0 Å². The molecular weight excluding hydrogens is 234 g/mol. The zero-order valence-corrected chi connectivity index (χ0v) is 10.1. The molecule has 1 aromatic heterocycles. The minimum Gasteiger partial charge on any atom is -0.479 e. The lowest BCUT2D eigenvalue weighted by atomic mass is 10.3. The lowest BCUT2D eigenvalue weighted by Crippen LogP contribution is -2.22. The molecule has 94 valence electrons. The molecule has 0 saturated carbocycles. The van der Waals surface area contributed by atoms with E-state index in [1.165, 1.54) is 6.92 Å². The van der Waals surface area contributed by atoms with Crippen LogP contribution in [0.2, 0.25) is 0 Å². The number of aliphatic carboxylic acids is 1. The lowest BCUT2D eigenvalue weighted by molar-refractivity contribution is -0.144. The quantitative estimate of drug-likeness (QED) is 0.884. The van der Waals surface area contributed by atoms with Gasteiger partial charge in [0, 0.05) is 0 Å². The third-order valence-corrected chi connectivity index (χ3v) is 2.46. The summed E-state index contributed by atoms with van der Waals surface area (Å²) in [6.45, 7) is 3.38. The molecule has 0 aliphatic rings. The molecule has 0 saturated heterocycles. The molecule has 0 radical (unpaired) electrons. The van der Waals surface area contributed by atoms with E-state index >= 15 is 0 Å². The highest BCUT2D eigenvalue weighted by atomic mass is 16.5. The van der Waals surface area contributed by atoms with E-state index in [4.69, 9.17) is 9.84 Å². The molecule has 18 heavy (non-hydrogen) atoms. The smallest absolute Gasteiger partial charge is 0.344 e. The van der Waals surface area contributed by atoms with Crippen LogP contribution in [0, 0.1) is 6.92 Å². The van der Waals surface area contributed by atoms with Crippen molar-refractivity contribution in [1.29, 1.82) is 0 Å². The normalized spacial score (nSPS) is 12.1. The van der Waals surface area contributed by atoms with Gasteiger partial charge < -0.3 is 9.84 Å². The Morgan fingerprint density at radius 2 is 2.06 bits per heavy atom. The minimum absolute atomic E-state index is 0.506. The van der Waals surface area contributed by atoms with Crippen molar-refractivity contribution < 1.29 is 14.6 Å². The minimum atomic E-state index is -0.994. The molecular formula is C12H13N3O3. The summed E-state index contributed by atoms with van der Waals surface area (Å²) in [7, 11) is 0. The van der Waals surface area contributed by atoms with E-state index in [0.29, 0.717) is 5.75 Å². The van der Waals surface area contributed by atoms with Crippen molar-refractivity contribution in [3.63, 3.8) is 0 Å². The molecule has 6 nitrogen and oxygen atoms in total. The molecule has 0 amide bonds. The van der Waals surface area contributed by atoms with Crippen LogP contribution in [0.25, 0.3) is 5.69 Å². The molecule has 1 unspecified atom stereocenters. The van der Waals surface area contributed by atoms with E-state index < -0.39 is 12.1 Å². The number of benzene rings is 1. The maximum atomic E-state index is 10.7. The predicted molar refractivity (Wildman–Crippen MR) is 63.8 cm³/mol. The van der Waals surface area contributed by atoms with Gasteiger partial charge >= 0.3 is 5.97 Å². The number of aryl methyl sites for hydroxylation is 1. The maximum Gasteiger partial charge on any atom is 0.344 e. The number of carbonyl (C=O) groups is 1. The SMILES string of the molecule is Cc1cnnn1-c1ccc(OC(C)C(=O)O)cc1. The van der Waals surface area contributed by atoms with Gasteiger partial charge in [0.2, 0.25) is 0 Å². The summed E-state index contributed by atoms with van der Waals surface area (Å²) in [5.41, 5.74) is 1.77. The summed E-state index contributed by atoms with van der Waals surface area (Å²) in [5.74, 6) is -0.488. The Bertz CT molecular complexity index is 548. The maximum absolute atomic E-state index is 10.7. The van der Waals surface area contributed by atoms with Crippen LogP contribution in [0.5, 0.6) is 5.75 Å². The first-order valence-corrected chi connectivity index (χ1v) is 5.45. The van der Waals surface area contributed by atoms with Gasteiger partial charge in [0.15, 0.2) is 6.10 Å². The van der Waals surface area contributed by atoms with Crippen molar-refractivity contribution >= 4 is 5.97 Å². The summed E-state index contributed by atoms with van der Waals surface area (Å²) in [4.78, 5) is 10.7. The van der Waals surface area contributed by atoms with Crippen LogP contribution in [0.3, 0.4) is 0 Å². The number of carboxylic acid groups (broad SMARTS) is 1. The van der Waals surface area contributed by atoms with Crippen LogP contribution in [-0.4, -0.2) is 32.2 Å². The highest BCUT2D eigenvalue weighted by molar-refractivity contribution is 5.72. The van der Waals surface area contributed by atoms with Gasteiger partial charge in [-0.2, -0.15) is 0 Å². The highest BCUT2D eigenvalue weighted by Crippen LogP contribution is 2.16. The van der Waals surface area contributed by atoms with Crippen LogP contribution in [-0.2, 0) is 4.79 Å². The van der Waals surface area contributed by atoms with Gasteiger partial charge in [0.05, 0.1) is 17.6 Å².